The average Bonchev–Trinajstić information content (AvgIpc) is 3.55. The summed E-state index contributed by atoms with van der Waals surface area (Å²) in [4.78, 5) is 42.1. The molecular weight excluding hydrogens is 830 g/mol. The molecule has 0 bridgehead atoms. The monoisotopic (exact) mass is 887 g/mol. The van der Waals surface area contributed by atoms with Gasteiger partial charge in [0, 0.05) is 64.3 Å². The van der Waals surface area contributed by atoms with E-state index in [0.29, 0.717) is 47.2 Å². The lowest BCUT2D eigenvalue weighted by Gasteiger charge is -2.22. The molecule has 3 N–H and O–H groups in total. The van der Waals surface area contributed by atoms with Crippen LogP contribution in [-0.2, 0) is 27.5 Å². The summed E-state index contributed by atoms with van der Waals surface area (Å²) in [6.07, 6.45) is 1.79. The molecular formula is C47H58ClN5O6S2. The van der Waals surface area contributed by atoms with Crippen LogP contribution in [-0.4, -0.2) is 106 Å². The molecule has 14 heteroatoms. The van der Waals surface area contributed by atoms with Crippen molar-refractivity contribution in [2.75, 3.05) is 78.6 Å². The van der Waals surface area contributed by atoms with E-state index in [1.165, 1.54) is 11.1 Å². The average molecular weight is 889 g/mol. The van der Waals surface area contributed by atoms with Gasteiger partial charge in [0.1, 0.15) is 17.2 Å². The smallest absolute Gasteiger partial charge is 0.262 e. The van der Waals surface area contributed by atoms with Crippen LogP contribution in [0.5, 0.6) is 17.2 Å². The molecule has 0 aliphatic carbocycles. The second kappa shape index (κ2) is 25.3. The van der Waals surface area contributed by atoms with Crippen LogP contribution in [0.3, 0.4) is 0 Å². The van der Waals surface area contributed by atoms with Crippen LogP contribution >= 0.6 is 35.1 Å². The normalized spacial score (nSPS) is 11.2. The third kappa shape index (κ3) is 15.0. The maximum absolute atomic E-state index is 13.6. The van der Waals surface area contributed by atoms with Crippen molar-refractivity contribution >= 4 is 63.7 Å². The van der Waals surface area contributed by atoms with Crippen molar-refractivity contribution in [3.8, 4) is 17.2 Å². The number of ether oxygens (including phenoxy) is 3. The minimum absolute atomic E-state index is 0.0425. The molecule has 0 aliphatic heterocycles. The predicted octanol–water partition coefficient (Wildman–Crippen LogP) is 7.63. The molecule has 0 aliphatic rings. The fourth-order valence-corrected chi connectivity index (χ4v) is 8.73. The van der Waals surface area contributed by atoms with Gasteiger partial charge < -0.3 is 30.2 Å². The number of carbonyl (C=O) groups excluding carboxylic acids is 3. The van der Waals surface area contributed by atoms with Crippen molar-refractivity contribution in [3.05, 3.63) is 124 Å². The molecule has 0 spiro atoms. The number of methoxy groups -OCH3 is 3. The van der Waals surface area contributed by atoms with Crippen LogP contribution in [0.15, 0.2) is 91.0 Å². The van der Waals surface area contributed by atoms with Crippen LogP contribution < -0.4 is 30.2 Å². The highest BCUT2D eigenvalue weighted by atomic mass is 35.5. The molecule has 0 saturated carbocycles. The highest BCUT2D eigenvalue weighted by Crippen LogP contribution is 2.31. The van der Waals surface area contributed by atoms with Gasteiger partial charge in [0.05, 0.1) is 39.8 Å². The van der Waals surface area contributed by atoms with Gasteiger partial charge in [0.25, 0.3) is 5.91 Å². The van der Waals surface area contributed by atoms with Crippen molar-refractivity contribution in [1.29, 1.82) is 0 Å². The van der Waals surface area contributed by atoms with Gasteiger partial charge in [-0.3, -0.25) is 23.9 Å². The van der Waals surface area contributed by atoms with Crippen LogP contribution in [0, 0.1) is 6.92 Å². The van der Waals surface area contributed by atoms with Gasteiger partial charge in [-0.15, -0.1) is 0 Å². The maximum Gasteiger partial charge on any atom is 0.262 e. The van der Waals surface area contributed by atoms with Gasteiger partial charge in [0.2, 0.25) is 11.8 Å². The van der Waals surface area contributed by atoms with Gasteiger partial charge in [-0.2, -0.15) is 23.5 Å². The first-order valence-electron chi connectivity index (χ1n) is 20.5. The second-order valence-corrected chi connectivity index (χ2v) is 17.2. The molecule has 0 radical (unpaired) electrons. The van der Waals surface area contributed by atoms with Gasteiger partial charge >= 0.3 is 0 Å². The van der Waals surface area contributed by atoms with Gasteiger partial charge in [-0.1, -0.05) is 35.9 Å². The summed E-state index contributed by atoms with van der Waals surface area (Å²) < 4.78 is 17.7. The zero-order valence-corrected chi connectivity index (χ0v) is 38.0. The lowest BCUT2D eigenvalue weighted by atomic mass is 10.1. The Kier molecular flexibility index (Phi) is 19.7. The number of nitrogens with one attached hydrogen (secondary N) is 3. The molecule has 0 unspecified atom stereocenters. The summed E-state index contributed by atoms with van der Waals surface area (Å²) in [6.45, 7) is 6.53. The number of amides is 2. The zero-order valence-electron chi connectivity index (χ0n) is 35.6. The Balaban J connectivity index is 1.03. The number of thioether (sulfide) groups is 2. The number of halogens is 1. The molecule has 0 fully saturated rings. The molecule has 11 nitrogen and oxygen atoms in total. The van der Waals surface area contributed by atoms with Crippen LogP contribution in [0.2, 0.25) is 5.02 Å². The Morgan fingerprint density at radius 1 is 0.672 bits per heavy atom. The summed E-state index contributed by atoms with van der Waals surface area (Å²) in [7, 11) is 4.93. The second-order valence-electron chi connectivity index (χ2n) is 14.5. The summed E-state index contributed by atoms with van der Waals surface area (Å²) in [5.74, 6) is 5.62. The lowest BCUT2D eigenvalue weighted by molar-refractivity contribution is -0.122. The molecule has 1 aromatic heterocycles. The highest BCUT2D eigenvalue weighted by Gasteiger charge is 2.22. The predicted molar refractivity (Wildman–Crippen MR) is 251 cm³/mol. The first-order chi connectivity index (χ1) is 29.7. The van der Waals surface area contributed by atoms with E-state index in [4.69, 9.17) is 25.8 Å². The fourth-order valence-electron chi connectivity index (χ4n) is 6.82. The number of benzene rings is 4. The summed E-state index contributed by atoms with van der Waals surface area (Å²) >= 11 is 9.73. The van der Waals surface area contributed by atoms with Crippen molar-refractivity contribution in [1.82, 2.24) is 25.4 Å². The molecule has 4 aromatic carbocycles. The first-order valence-corrected chi connectivity index (χ1v) is 23.2. The van der Waals surface area contributed by atoms with E-state index >= 15 is 0 Å². The number of rotatable bonds is 26. The molecule has 0 atom stereocenters. The van der Waals surface area contributed by atoms with Crippen LogP contribution in [0.25, 0.3) is 10.9 Å². The van der Waals surface area contributed by atoms with Crippen molar-refractivity contribution in [2.45, 2.75) is 37.7 Å². The molecule has 0 saturated heterocycles. The summed E-state index contributed by atoms with van der Waals surface area (Å²) in [5.41, 5.74) is 5.19. The highest BCUT2D eigenvalue weighted by molar-refractivity contribution is 7.98. The van der Waals surface area contributed by atoms with E-state index in [-0.39, 0.29) is 24.1 Å². The van der Waals surface area contributed by atoms with Gasteiger partial charge in [0.15, 0.2) is 0 Å². The number of aromatic nitrogens is 1. The van der Waals surface area contributed by atoms with E-state index in [9.17, 15) is 14.4 Å². The summed E-state index contributed by atoms with van der Waals surface area (Å²) in [6, 6.07) is 28.6. The Hall–Kier alpha value is -4.66. The molecule has 326 valence electrons. The van der Waals surface area contributed by atoms with Crippen molar-refractivity contribution in [2.24, 2.45) is 0 Å². The van der Waals surface area contributed by atoms with E-state index in [0.717, 1.165) is 84.5 Å². The largest absolute Gasteiger partial charge is 0.497 e. The first kappa shape index (κ1) is 47.4. The molecule has 5 aromatic rings. The quantitative estimate of drug-likeness (QED) is 0.0478. The molecule has 1 heterocycles. The van der Waals surface area contributed by atoms with Gasteiger partial charge in [-0.25, -0.2) is 0 Å². The van der Waals surface area contributed by atoms with E-state index in [1.807, 2.05) is 61.2 Å². The Bertz CT molecular complexity index is 2150. The standard InChI is InChI=1S/C47H58ClN5O6S2/c1-34-42(43-29-41(59-4)19-20-44(43)53(34)47(56)37-11-13-38(48)14-12-37)30-45(54)50-23-5-21-49-22-6-25-52(26-28-61-33-36-9-17-40(58-3)18-10-36)31-46(55)51-24-27-60-32-35-7-15-39(57-2)16-8-35/h7-20,29,49H,5-6,21-28,30-33H2,1-4H3,(H,50,54)(H,51,55). The molecule has 2 amide bonds. The zero-order chi connectivity index (χ0) is 43.4. The number of hydrogen-bond donors (Lipinski definition) is 3. The topological polar surface area (TPSA) is 123 Å². The third-order valence-electron chi connectivity index (χ3n) is 10.2. The summed E-state index contributed by atoms with van der Waals surface area (Å²) in [5, 5.41) is 11.0. The van der Waals surface area contributed by atoms with Gasteiger partial charge in [-0.05, 0) is 123 Å². The minimum atomic E-state index is -0.191. The van der Waals surface area contributed by atoms with Crippen LogP contribution in [0.1, 0.15) is 45.6 Å². The SMILES string of the molecule is COc1ccc(CSCCNC(=O)CN(CCCNCCCNC(=O)Cc2c(C)n(C(=O)c3ccc(Cl)cc3)c3ccc(OC)cc23)CCSCc2ccc(OC)cc2)cc1. The van der Waals surface area contributed by atoms with Crippen molar-refractivity contribution < 1.29 is 28.6 Å². The molecule has 5 rings (SSSR count). The van der Waals surface area contributed by atoms with E-state index < -0.39 is 0 Å². The van der Waals surface area contributed by atoms with E-state index in [2.05, 4.69) is 45.1 Å². The third-order valence-corrected chi connectivity index (χ3v) is 12.5. The Labute approximate surface area is 373 Å². The maximum atomic E-state index is 13.6. The Morgan fingerprint density at radius 2 is 1.26 bits per heavy atom. The number of carbonyl (C=O) groups is 3. The molecule has 61 heavy (non-hydrogen) atoms. The minimum Gasteiger partial charge on any atom is -0.497 e. The number of fused-ring (bicyclic) bond motifs is 1. The van der Waals surface area contributed by atoms with Crippen LogP contribution in [0.4, 0.5) is 0 Å². The fraction of sp³-hybridized carbons (Fsp3) is 0.383. The lowest BCUT2D eigenvalue weighted by Crippen LogP contribution is -2.40. The van der Waals surface area contributed by atoms with Crippen molar-refractivity contribution in [3.63, 3.8) is 0 Å². The number of nitrogens with zero attached hydrogens (tertiary/aromatic N) is 2. The Morgan fingerprint density at radius 3 is 1.90 bits per heavy atom. The number of hydrogen-bond acceptors (Lipinski definition) is 10. The van der Waals surface area contributed by atoms with E-state index in [1.54, 1.807) is 61.9 Å².